The Kier molecular flexibility index (Phi) is 7.55. The molecule has 0 bridgehead atoms. The van der Waals surface area contributed by atoms with E-state index in [1.807, 2.05) is 47.4 Å². The number of piperazine rings is 1. The standard InChI is InChI=1S/C34H33Cl2N5O2S/c1-34(2)18-26-31(28(42)19-34)32(22-12-11-21(35)17-24(22)36)41(27-9-5-4-8-25(27)37-26)20-30(43)39-13-15-40(16-14-39)33-23-7-3-6-10-29(23)44-38-33/h3-12,17,32,37H,13-16,18-20H2,1-2H3. The van der Waals surface area contributed by atoms with Gasteiger partial charge in [-0.05, 0) is 65.3 Å². The fourth-order valence-electron chi connectivity index (χ4n) is 6.79. The molecule has 10 heteroatoms. The molecule has 3 aromatic carbocycles. The number of allylic oxidation sites excluding steroid dienone is 1. The second-order valence-electron chi connectivity index (χ2n) is 12.5. The van der Waals surface area contributed by atoms with E-state index in [2.05, 4.69) is 41.1 Å². The summed E-state index contributed by atoms with van der Waals surface area (Å²) in [6.07, 6.45) is 1.12. The molecule has 1 N–H and O–H groups in total. The number of aromatic nitrogens is 1. The molecule has 226 valence electrons. The molecule has 3 heterocycles. The molecule has 0 radical (unpaired) electrons. The number of anilines is 3. The third-order valence-corrected chi connectivity index (χ3v) is 10.2. The number of fused-ring (bicyclic) bond motifs is 2. The lowest BCUT2D eigenvalue weighted by Crippen LogP contribution is -2.52. The summed E-state index contributed by atoms with van der Waals surface area (Å²) in [5.74, 6) is 1.06. The number of carbonyl (C=O) groups excluding carboxylic acids is 2. The van der Waals surface area contributed by atoms with Crippen LogP contribution < -0.4 is 15.1 Å². The van der Waals surface area contributed by atoms with Crippen molar-refractivity contribution >= 4 is 73.7 Å². The average molecular weight is 647 g/mol. The molecule has 44 heavy (non-hydrogen) atoms. The van der Waals surface area contributed by atoms with Crippen LogP contribution in [0.2, 0.25) is 10.0 Å². The van der Waals surface area contributed by atoms with Gasteiger partial charge >= 0.3 is 0 Å². The van der Waals surface area contributed by atoms with Gasteiger partial charge in [0.2, 0.25) is 5.91 Å². The lowest BCUT2D eigenvalue weighted by Gasteiger charge is -2.40. The second kappa shape index (κ2) is 11.4. The number of rotatable bonds is 4. The van der Waals surface area contributed by atoms with Gasteiger partial charge in [-0.1, -0.05) is 67.4 Å². The Labute approximate surface area is 271 Å². The molecule has 0 spiro atoms. The molecular formula is C34H33Cl2N5O2S. The molecule has 0 saturated carbocycles. The maximum atomic E-state index is 14.1. The molecule has 7 nitrogen and oxygen atoms in total. The average Bonchev–Trinajstić information content (AvgIpc) is 3.37. The fraction of sp³-hybridized carbons (Fsp3) is 0.324. The topological polar surface area (TPSA) is 68.8 Å². The number of hydrogen-bond donors (Lipinski definition) is 1. The first-order valence-electron chi connectivity index (χ1n) is 14.9. The van der Waals surface area contributed by atoms with Gasteiger partial charge < -0.3 is 20.0 Å². The number of nitrogens with one attached hydrogen (secondary N) is 1. The molecule has 1 fully saturated rings. The Morgan fingerprint density at radius 3 is 2.55 bits per heavy atom. The van der Waals surface area contributed by atoms with E-state index in [4.69, 9.17) is 27.6 Å². The van der Waals surface area contributed by atoms with Crippen LogP contribution >= 0.6 is 34.7 Å². The van der Waals surface area contributed by atoms with Gasteiger partial charge in [-0.25, -0.2) is 0 Å². The van der Waals surface area contributed by atoms with E-state index in [1.165, 1.54) is 11.5 Å². The van der Waals surface area contributed by atoms with Crippen molar-refractivity contribution in [2.75, 3.05) is 47.8 Å². The third-order valence-electron chi connectivity index (χ3n) is 8.86. The van der Waals surface area contributed by atoms with Gasteiger partial charge in [-0.15, -0.1) is 0 Å². The zero-order valence-corrected chi connectivity index (χ0v) is 27.0. The molecule has 1 saturated heterocycles. The van der Waals surface area contributed by atoms with Crippen LogP contribution in [-0.2, 0) is 9.59 Å². The van der Waals surface area contributed by atoms with Crippen LogP contribution in [0.25, 0.3) is 10.1 Å². The molecule has 1 unspecified atom stereocenters. The van der Waals surface area contributed by atoms with Crippen molar-refractivity contribution in [1.29, 1.82) is 0 Å². The molecule has 1 amide bonds. The molecule has 4 aromatic rings. The van der Waals surface area contributed by atoms with Gasteiger partial charge in [0, 0.05) is 59.3 Å². The number of halogens is 2. The van der Waals surface area contributed by atoms with Gasteiger partial charge in [0.05, 0.1) is 28.7 Å². The molecule has 1 atom stereocenters. The van der Waals surface area contributed by atoms with E-state index in [1.54, 1.807) is 12.1 Å². The van der Waals surface area contributed by atoms with Gasteiger partial charge in [-0.3, -0.25) is 9.59 Å². The summed E-state index contributed by atoms with van der Waals surface area (Å²) in [5, 5.41) is 5.74. The Morgan fingerprint density at radius 1 is 1.00 bits per heavy atom. The summed E-state index contributed by atoms with van der Waals surface area (Å²) in [5.41, 5.74) is 3.82. The number of benzene rings is 3. The van der Waals surface area contributed by atoms with Crippen molar-refractivity contribution in [2.24, 2.45) is 5.41 Å². The smallest absolute Gasteiger partial charge is 0.242 e. The monoisotopic (exact) mass is 645 g/mol. The lowest BCUT2D eigenvalue weighted by molar-refractivity contribution is -0.130. The highest BCUT2D eigenvalue weighted by atomic mass is 35.5. The van der Waals surface area contributed by atoms with Crippen LogP contribution in [0.15, 0.2) is 78.0 Å². The number of carbonyl (C=O) groups is 2. The van der Waals surface area contributed by atoms with Gasteiger partial charge in [0.15, 0.2) is 5.78 Å². The highest BCUT2D eigenvalue weighted by molar-refractivity contribution is 7.13. The van der Waals surface area contributed by atoms with E-state index in [9.17, 15) is 9.59 Å². The van der Waals surface area contributed by atoms with Crippen LogP contribution in [0.5, 0.6) is 0 Å². The first-order chi connectivity index (χ1) is 21.2. The van der Waals surface area contributed by atoms with Crippen molar-refractivity contribution in [2.45, 2.75) is 32.7 Å². The number of para-hydroxylation sites is 2. The van der Waals surface area contributed by atoms with Crippen molar-refractivity contribution in [3.8, 4) is 0 Å². The quantitative estimate of drug-likeness (QED) is 0.247. The minimum atomic E-state index is -0.555. The Hall–Kier alpha value is -3.59. The van der Waals surface area contributed by atoms with E-state index < -0.39 is 6.04 Å². The van der Waals surface area contributed by atoms with Crippen LogP contribution in [0.4, 0.5) is 17.2 Å². The van der Waals surface area contributed by atoms with E-state index in [0.717, 1.165) is 38.5 Å². The summed E-state index contributed by atoms with van der Waals surface area (Å²) in [6.45, 7) is 6.91. The zero-order chi connectivity index (χ0) is 30.6. The molecule has 3 aliphatic rings. The number of nitrogens with zero attached hydrogens (tertiary/aromatic N) is 4. The maximum absolute atomic E-state index is 14.1. The Balaban J connectivity index is 1.23. The Bertz CT molecular complexity index is 1810. The van der Waals surface area contributed by atoms with Gasteiger partial charge in [0.25, 0.3) is 0 Å². The van der Waals surface area contributed by atoms with Crippen LogP contribution in [-0.4, -0.2) is 53.7 Å². The molecule has 7 rings (SSSR count). The zero-order valence-electron chi connectivity index (χ0n) is 24.6. The van der Waals surface area contributed by atoms with Gasteiger partial charge in [-0.2, -0.15) is 4.37 Å². The van der Waals surface area contributed by atoms with E-state index in [-0.39, 0.29) is 23.7 Å². The SMILES string of the molecule is CC1(C)CC(=O)C2=C(C1)Nc1ccccc1N(CC(=O)N1CCN(c3nsc4ccccc34)CC1)C2c1ccc(Cl)cc1Cl. The highest BCUT2D eigenvalue weighted by Gasteiger charge is 2.43. The summed E-state index contributed by atoms with van der Waals surface area (Å²) < 4.78 is 5.88. The van der Waals surface area contributed by atoms with Crippen LogP contribution in [0.3, 0.4) is 0 Å². The summed E-state index contributed by atoms with van der Waals surface area (Å²) in [6, 6.07) is 21.0. The second-order valence-corrected chi connectivity index (χ2v) is 14.2. The number of hydrogen-bond acceptors (Lipinski definition) is 7. The van der Waals surface area contributed by atoms with Crippen molar-refractivity contribution in [3.05, 3.63) is 93.6 Å². The molecular weight excluding hydrogens is 613 g/mol. The van der Waals surface area contributed by atoms with Crippen LogP contribution in [0, 0.1) is 5.41 Å². The minimum Gasteiger partial charge on any atom is -0.357 e. The fourth-order valence-corrected chi connectivity index (χ4v) is 8.10. The predicted molar refractivity (Wildman–Crippen MR) is 180 cm³/mol. The van der Waals surface area contributed by atoms with Crippen molar-refractivity contribution in [1.82, 2.24) is 9.27 Å². The Morgan fingerprint density at radius 2 is 1.75 bits per heavy atom. The van der Waals surface area contributed by atoms with E-state index in [0.29, 0.717) is 54.6 Å². The third kappa shape index (κ3) is 5.33. The van der Waals surface area contributed by atoms with Crippen molar-refractivity contribution in [3.63, 3.8) is 0 Å². The first-order valence-corrected chi connectivity index (χ1v) is 16.4. The maximum Gasteiger partial charge on any atom is 0.242 e. The molecule has 2 aliphatic heterocycles. The number of Topliss-reactive ketones (excluding diaryl/α,β-unsaturated/α-hetero) is 1. The molecule has 1 aliphatic carbocycles. The minimum absolute atomic E-state index is 0.00492. The number of amides is 1. The largest absolute Gasteiger partial charge is 0.357 e. The predicted octanol–water partition coefficient (Wildman–Crippen LogP) is 7.57. The lowest BCUT2D eigenvalue weighted by atomic mass is 9.73. The first kappa shape index (κ1) is 29.1. The summed E-state index contributed by atoms with van der Waals surface area (Å²) in [4.78, 5) is 34.4. The highest BCUT2D eigenvalue weighted by Crippen LogP contribution is 2.49. The van der Waals surface area contributed by atoms with Crippen molar-refractivity contribution < 1.29 is 9.59 Å². The normalized spacial score (nSPS) is 19.9. The molecule has 1 aromatic heterocycles. The van der Waals surface area contributed by atoms with E-state index >= 15 is 0 Å². The number of ketones is 1. The summed E-state index contributed by atoms with van der Waals surface area (Å²) >= 11 is 14.7. The van der Waals surface area contributed by atoms with Gasteiger partial charge in [0.1, 0.15) is 5.82 Å². The summed E-state index contributed by atoms with van der Waals surface area (Å²) in [7, 11) is 0. The van der Waals surface area contributed by atoms with Crippen LogP contribution in [0.1, 0.15) is 38.3 Å².